The fourth-order valence-corrected chi connectivity index (χ4v) is 5.66. The van der Waals surface area contributed by atoms with Crippen molar-refractivity contribution in [3.63, 3.8) is 0 Å². The first-order valence-electron chi connectivity index (χ1n) is 10.1. The highest BCUT2D eigenvalue weighted by atomic mass is 32.2. The highest BCUT2D eigenvalue weighted by Crippen LogP contribution is 2.27. The number of carbonyl (C=O) groups excluding carboxylic acids is 1. The quantitative estimate of drug-likeness (QED) is 0.679. The Balaban J connectivity index is 1.67. The predicted octanol–water partition coefficient (Wildman–Crippen LogP) is 4.28. The lowest BCUT2D eigenvalue weighted by Gasteiger charge is -2.26. The van der Waals surface area contributed by atoms with E-state index >= 15 is 0 Å². The number of benzene rings is 2. The van der Waals surface area contributed by atoms with Crippen LogP contribution in [-0.4, -0.2) is 36.7 Å². The number of piperidine rings is 1. The molecule has 1 aliphatic rings. The zero-order chi connectivity index (χ0) is 21.3. The number of aryl methyl sites for hydroxylation is 2. The molecule has 1 aliphatic heterocycles. The zero-order valence-electron chi connectivity index (χ0n) is 17.2. The van der Waals surface area contributed by atoms with Crippen LogP contribution in [0.1, 0.15) is 40.9 Å². The SMILES string of the molecule is Cc1cc(C(=O)Nc2ccc(C)c(S(=O)(=O)N3CCCCC3)c2)c2ccccc2n1. The van der Waals surface area contributed by atoms with Crippen LogP contribution in [0, 0.1) is 13.8 Å². The molecule has 0 bridgehead atoms. The van der Waals surface area contributed by atoms with E-state index < -0.39 is 10.0 Å². The number of aromatic nitrogens is 1. The normalized spacial score (nSPS) is 15.3. The van der Waals surface area contributed by atoms with E-state index in [-0.39, 0.29) is 10.8 Å². The number of fused-ring (bicyclic) bond motifs is 1. The summed E-state index contributed by atoms with van der Waals surface area (Å²) in [6, 6.07) is 14.3. The minimum atomic E-state index is -3.58. The van der Waals surface area contributed by atoms with Crippen molar-refractivity contribution in [1.82, 2.24) is 9.29 Å². The second-order valence-electron chi connectivity index (χ2n) is 7.73. The second kappa shape index (κ2) is 8.16. The summed E-state index contributed by atoms with van der Waals surface area (Å²) in [4.78, 5) is 17.7. The van der Waals surface area contributed by atoms with Crippen LogP contribution in [0.5, 0.6) is 0 Å². The van der Waals surface area contributed by atoms with Gasteiger partial charge in [-0.25, -0.2) is 8.42 Å². The Hall–Kier alpha value is -2.77. The molecular weight excluding hydrogens is 398 g/mol. The summed E-state index contributed by atoms with van der Waals surface area (Å²) in [6.45, 7) is 4.71. The van der Waals surface area contributed by atoms with Crippen molar-refractivity contribution in [2.75, 3.05) is 18.4 Å². The van der Waals surface area contributed by atoms with Gasteiger partial charge in [0.15, 0.2) is 0 Å². The van der Waals surface area contributed by atoms with Gasteiger partial charge in [-0.15, -0.1) is 0 Å². The van der Waals surface area contributed by atoms with Gasteiger partial charge in [-0.1, -0.05) is 30.7 Å². The average molecular weight is 424 g/mol. The molecule has 3 aromatic rings. The first kappa shape index (κ1) is 20.5. The van der Waals surface area contributed by atoms with Crippen LogP contribution in [0.2, 0.25) is 0 Å². The predicted molar refractivity (Wildman–Crippen MR) is 118 cm³/mol. The minimum Gasteiger partial charge on any atom is -0.322 e. The average Bonchev–Trinajstić information content (AvgIpc) is 2.75. The fourth-order valence-electron chi connectivity index (χ4n) is 3.89. The Morgan fingerprint density at radius 2 is 1.73 bits per heavy atom. The third kappa shape index (κ3) is 3.95. The molecule has 0 unspecified atom stereocenters. The number of nitrogens with zero attached hydrogens (tertiary/aromatic N) is 2. The number of nitrogens with one attached hydrogen (secondary N) is 1. The molecule has 0 radical (unpaired) electrons. The summed E-state index contributed by atoms with van der Waals surface area (Å²) in [6.07, 6.45) is 2.81. The van der Waals surface area contributed by atoms with E-state index in [4.69, 9.17) is 0 Å². The van der Waals surface area contributed by atoms with Crippen molar-refractivity contribution >= 4 is 32.5 Å². The monoisotopic (exact) mass is 423 g/mol. The molecule has 7 heteroatoms. The smallest absolute Gasteiger partial charge is 0.256 e. The summed E-state index contributed by atoms with van der Waals surface area (Å²) in [5.74, 6) is -0.290. The number of pyridine rings is 1. The van der Waals surface area contributed by atoms with Gasteiger partial charge in [-0.3, -0.25) is 9.78 Å². The van der Waals surface area contributed by atoms with Crippen molar-refractivity contribution in [3.8, 4) is 0 Å². The Bertz CT molecular complexity index is 1220. The van der Waals surface area contributed by atoms with Crippen molar-refractivity contribution in [3.05, 3.63) is 65.4 Å². The van der Waals surface area contributed by atoms with Gasteiger partial charge in [-0.05, 0) is 56.5 Å². The molecule has 1 N–H and O–H groups in total. The van der Waals surface area contributed by atoms with Gasteiger partial charge < -0.3 is 5.32 Å². The molecule has 1 saturated heterocycles. The summed E-state index contributed by atoms with van der Waals surface area (Å²) >= 11 is 0. The number of amides is 1. The van der Waals surface area contributed by atoms with Gasteiger partial charge in [0.25, 0.3) is 5.91 Å². The molecular formula is C23H25N3O3S. The summed E-state index contributed by atoms with van der Waals surface area (Å²) in [5.41, 5.74) is 3.14. The van der Waals surface area contributed by atoms with Gasteiger partial charge in [0.05, 0.1) is 16.0 Å². The lowest BCUT2D eigenvalue weighted by atomic mass is 10.1. The van der Waals surface area contributed by atoms with Crippen LogP contribution in [0.25, 0.3) is 10.9 Å². The van der Waals surface area contributed by atoms with E-state index in [0.29, 0.717) is 29.9 Å². The molecule has 0 atom stereocenters. The lowest BCUT2D eigenvalue weighted by Crippen LogP contribution is -2.36. The topological polar surface area (TPSA) is 79.4 Å². The molecule has 0 spiro atoms. The second-order valence-corrected chi connectivity index (χ2v) is 9.63. The summed E-state index contributed by atoms with van der Waals surface area (Å²) in [5, 5.41) is 3.63. The van der Waals surface area contributed by atoms with Gasteiger partial charge in [0.1, 0.15) is 0 Å². The molecule has 2 heterocycles. The molecule has 4 rings (SSSR count). The number of sulfonamides is 1. The van der Waals surface area contributed by atoms with Crippen LogP contribution in [0.15, 0.2) is 53.4 Å². The number of hydrogen-bond acceptors (Lipinski definition) is 4. The number of rotatable bonds is 4. The largest absolute Gasteiger partial charge is 0.322 e. The third-order valence-electron chi connectivity index (χ3n) is 5.47. The van der Waals surface area contributed by atoms with Crippen LogP contribution >= 0.6 is 0 Å². The number of para-hydroxylation sites is 1. The molecule has 0 saturated carbocycles. The van der Waals surface area contributed by atoms with Crippen LogP contribution < -0.4 is 5.32 Å². The van der Waals surface area contributed by atoms with E-state index in [1.54, 1.807) is 35.5 Å². The van der Waals surface area contributed by atoms with Crippen molar-refractivity contribution in [1.29, 1.82) is 0 Å². The van der Waals surface area contributed by atoms with E-state index in [1.165, 1.54) is 0 Å². The lowest BCUT2D eigenvalue weighted by molar-refractivity contribution is 0.102. The van der Waals surface area contributed by atoms with Gasteiger partial charge >= 0.3 is 0 Å². The van der Waals surface area contributed by atoms with E-state index in [1.807, 2.05) is 31.2 Å². The molecule has 2 aromatic carbocycles. The maximum Gasteiger partial charge on any atom is 0.256 e. The summed E-state index contributed by atoms with van der Waals surface area (Å²) in [7, 11) is -3.58. The van der Waals surface area contributed by atoms with Crippen molar-refractivity contribution < 1.29 is 13.2 Å². The van der Waals surface area contributed by atoms with Crippen LogP contribution in [0.3, 0.4) is 0 Å². The number of hydrogen-bond donors (Lipinski definition) is 1. The first-order valence-corrected chi connectivity index (χ1v) is 11.6. The highest BCUT2D eigenvalue weighted by Gasteiger charge is 2.27. The Labute approximate surface area is 177 Å². The molecule has 1 fully saturated rings. The van der Waals surface area contributed by atoms with E-state index in [2.05, 4.69) is 10.3 Å². The molecule has 6 nitrogen and oxygen atoms in total. The van der Waals surface area contributed by atoms with Crippen LogP contribution in [-0.2, 0) is 10.0 Å². The van der Waals surface area contributed by atoms with Crippen molar-refractivity contribution in [2.24, 2.45) is 0 Å². The Morgan fingerprint density at radius 1 is 1.00 bits per heavy atom. The molecule has 1 amide bonds. The van der Waals surface area contributed by atoms with Gasteiger partial charge in [-0.2, -0.15) is 4.31 Å². The van der Waals surface area contributed by atoms with Crippen LogP contribution in [0.4, 0.5) is 5.69 Å². The molecule has 30 heavy (non-hydrogen) atoms. The standard InChI is InChI=1S/C23H25N3O3S/c1-16-10-11-18(15-22(16)30(28,29)26-12-6-3-7-13-26)25-23(27)20-14-17(2)24-21-9-5-4-8-19(20)21/h4-5,8-11,14-15H,3,6-7,12-13H2,1-2H3,(H,25,27). The molecule has 0 aliphatic carbocycles. The third-order valence-corrected chi connectivity index (χ3v) is 7.51. The maximum absolute atomic E-state index is 13.1. The number of carbonyl (C=O) groups is 1. The van der Waals surface area contributed by atoms with Gasteiger partial charge in [0.2, 0.25) is 10.0 Å². The van der Waals surface area contributed by atoms with Crippen molar-refractivity contribution in [2.45, 2.75) is 38.0 Å². The zero-order valence-corrected chi connectivity index (χ0v) is 18.0. The Morgan fingerprint density at radius 3 is 2.50 bits per heavy atom. The minimum absolute atomic E-state index is 0.248. The highest BCUT2D eigenvalue weighted by molar-refractivity contribution is 7.89. The van der Waals surface area contributed by atoms with Gasteiger partial charge in [0, 0.05) is 29.9 Å². The summed E-state index contributed by atoms with van der Waals surface area (Å²) < 4.78 is 27.8. The number of anilines is 1. The fraction of sp³-hybridized carbons (Fsp3) is 0.304. The maximum atomic E-state index is 13.1. The van der Waals surface area contributed by atoms with E-state index in [0.717, 1.165) is 35.9 Å². The molecule has 1 aromatic heterocycles. The first-order chi connectivity index (χ1) is 14.4. The molecule has 156 valence electrons. The Kier molecular flexibility index (Phi) is 5.58. The van der Waals surface area contributed by atoms with E-state index in [9.17, 15) is 13.2 Å².